The number of nitriles is 1. The van der Waals surface area contributed by atoms with Crippen molar-refractivity contribution in [1.82, 2.24) is 9.97 Å². The van der Waals surface area contributed by atoms with Gasteiger partial charge in [0, 0.05) is 35.2 Å². The monoisotopic (exact) mass is 388 g/mol. The number of benzene rings is 1. The molecule has 0 radical (unpaired) electrons. The van der Waals surface area contributed by atoms with Crippen LogP contribution in [0, 0.1) is 28.7 Å². The van der Waals surface area contributed by atoms with Gasteiger partial charge in [-0.15, -0.1) is 0 Å². The average molecular weight is 388 g/mol. The van der Waals surface area contributed by atoms with E-state index >= 15 is 0 Å². The lowest BCUT2D eigenvalue weighted by atomic mass is 10.0. The molecule has 0 aliphatic heterocycles. The van der Waals surface area contributed by atoms with E-state index in [1.807, 2.05) is 6.20 Å². The molecule has 0 bridgehead atoms. The number of hydrogen-bond acceptors (Lipinski definition) is 3. The van der Waals surface area contributed by atoms with Crippen LogP contribution in [-0.2, 0) is 0 Å². The molecule has 0 atom stereocenters. The molecule has 0 spiro atoms. The summed E-state index contributed by atoms with van der Waals surface area (Å²) >= 11 is 2.19. The highest BCUT2D eigenvalue weighted by atomic mass is 127. The number of hydrogen-bond donors (Lipinski definition) is 2. The number of H-pyrrole nitrogens is 1. The van der Waals surface area contributed by atoms with Gasteiger partial charge in [-0.05, 0) is 59.7 Å². The molecular weight excluding hydrogens is 375 g/mol. The van der Waals surface area contributed by atoms with E-state index in [1.54, 1.807) is 12.4 Å². The zero-order valence-corrected chi connectivity index (χ0v) is 13.8. The molecule has 0 saturated carbocycles. The molecule has 0 fully saturated rings. The Morgan fingerprint density at radius 2 is 2.14 bits per heavy atom. The summed E-state index contributed by atoms with van der Waals surface area (Å²) < 4.78 is 0.929. The van der Waals surface area contributed by atoms with Crippen LogP contribution in [-0.4, -0.2) is 9.97 Å². The van der Waals surface area contributed by atoms with Crippen LogP contribution in [0.1, 0.15) is 16.7 Å². The van der Waals surface area contributed by atoms with Gasteiger partial charge in [0.1, 0.15) is 6.07 Å². The Hall–Kier alpha value is -2.07. The minimum atomic E-state index is 0.549. The second-order valence-corrected chi connectivity index (χ2v) is 6.08. The predicted molar refractivity (Wildman–Crippen MR) is 92.7 cm³/mol. The first-order valence-corrected chi connectivity index (χ1v) is 7.57. The van der Waals surface area contributed by atoms with E-state index in [2.05, 4.69) is 69.9 Å². The summed E-state index contributed by atoms with van der Waals surface area (Å²) in [7, 11) is 0. The van der Waals surface area contributed by atoms with Crippen LogP contribution in [0.15, 0.2) is 30.7 Å². The number of aromatic amines is 1. The van der Waals surface area contributed by atoms with E-state index < -0.39 is 0 Å². The lowest BCUT2D eigenvalue weighted by Gasteiger charge is -2.14. The smallest absolute Gasteiger partial charge is 0.103 e. The fourth-order valence-electron chi connectivity index (χ4n) is 2.46. The number of rotatable bonds is 2. The molecule has 3 rings (SSSR count). The summed E-state index contributed by atoms with van der Waals surface area (Å²) in [4.78, 5) is 7.33. The number of halogens is 1. The molecule has 1 aromatic carbocycles. The molecule has 4 nitrogen and oxygen atoms in total. The van der Waals surface area contributed by atoms with Gasteiger partial charge < -0.3 is 10.3 Å². The van der Waals surface area contributed by atoms with Gasteiger partial charge in [-0.1, -0.05) is 0 Å². The molecule has 0 aliphatic rings. The normalized spacial score (nSPS) is 10.6. The molecule has 0 saturated heterocycles. The van der Waals surface area contributed by atoms with Gasteiger partial charge in [0.15, 0.2) is 0 Å². The number of nitrogens with one attached hydrogen (secondary N) is 2. The second-order valence-electron chi connectivity index (χ2n) is 4.91. The number of aromatic nitrogens is 2. The molecule has 0 amide bonds. The topological polar surface area (TPSA) is 64.5 Å². The summed E-state index contributed by atoms with van der Waals surface area (Å²) in [6, 6.07) is 6.36. The van der Waals surface area contributed by atoms with Crippen LogP contribution < -0.4 is 5.32 Å². The molecule has 2 N–H and O–H groups in total. The van der Waals surface area contributed by atoms with Gasteiger partial charge in [-0.2, -0.15) is 5.26 Å². The van der Waals surface area contributed by atoms with Crippen molar-refractivity contribution in [3.8, 4) is 6.07 Å². The average Bonchev–Trinajstić information content (AvgIpc) is 2.96. The highest BCUT2D eigenvalue weighted by Crippen LogP contribution is 2.32. The van der Waals surface area contributed by atoms with E-state index in [-0.39, 0.29) is 0 Å². The first kappa shape index (κ1) is 13.9. The lowest BCUT2D eigenvalue weighted by Crippen LogP contribution is -2.00. The highest BCUT2D eigenvalue weighted by Gasteiger charge is 2.12. The maximum absolute atomic E-state index is 9.25. The zero-order chi connectivity index (χ0) is 15.0. The summed E-state index contributed by atoms with van der Waals surface area (Å²) in [5, 5.41) is 13.8. The minimum Gasteiger partial charge on any atom is -0.361 e. The Kier molecular flexibility index (Phi) is 3.55. The standard InChI is InChI=1S/C16H13IN4/c1-9-5-14(10(2)12-3-4-20-15(9)12)21-16-11(6-18)7-19-8-13(16)17/h3-5,7-8,20H,1-2H3,(H,19,21). The Bertz CT molecular complexity index is 874. The van der Waals surface area contributed by atoms with Crippen LogP contribution in [0.25, 0.3) is 10.9 Å². The zero-order valence-electron chi connectivity index (χ0n) is 11.7. The molecule has 2 aromatic heterocycles. The van der Waals surface area contributed by atoms with Crippen molar-refractivity contribution in [2.45, 2.75) is 13.8 Å². The van der Waals surface area contributed by atoms with E-state index in [9.17, 15) is 5.26 Å². The minimum absolute atomic E-state index is 0.549. The Morgan fingerprint density at radius 3 is 2.90 bits per heavy atom. The second kappa shape index (κ2) is 5.37. The summed E-state index contributed by atoms with van der Waals surface area (Å²) in [5.41, 5.74) is 5.86. The highest BCUT2D eigenvalue weighted by molar-refractivity contribution is 14.1. The van der Waals surface area contributed by atoms with Crippen LogP contribution in [0.2, 0.25) is 0 Å². The van der Waals surface area contributed by atoms with Gasteiger partial charge in [0.25, 0.3) is 0 Å². The van der Waals surface area contributed by atoms with E-state index in [0.717, 1.165) is 26.0 Å². The number of fused-ring (bicyclic) bond motifs is 1. The van der Waals surface area contributed by atoms with Gasteiger partial charge in [0.05, 0.1) is 14.8 Å². The van der Waals surface area contributed by atoms with Crippen molar-refractivity contribution in [3.05, 3.63) is 51.0 Å². The van der Waals surface area contributed by atoms with E-state index in [0.29, 0.717) is 5.56 Å². The van der Waals surface area contributed by atoms with Gasteiger partial charge >= 0.3 is 0 Å². The number of pyridine rings is 1. The molecule has 21 heavy (non-hydrogen) atoms. The Balaban J connectivity index is 2.15. The Labute approximate surface area is 136 Å². The van der Waals surface area contributed by atoms with Gasteiger partial charge in [-0.25, -0.2) is 0 Å². The van der Waals surface area contributed by atoms with E-state index in [1.165, 1.54) is 10.9 Å². The lowest BCUT2D eigenvalue weighted by molar-refractivity contribution is 1.27. The fourth-order valence-corrected chi connectivity index (χ4v) is 3.05. The van der Waals surface area contributed by atoms with E-state index in [4.69, 9.17) is 0 Å². The molecule has 3 aromatic rings. The van der Waals surface area contributed by atoms with Crippen molar-refractivity contribution >= 4 is 44.9 Å². The molecule has 0 aliphatic carbocycles. The first-order valence-electron chi connectivity index (χ1n) is 6.49. The first-order chi connectivity index (χ1) is 10.1. The maximum atomic E-state index is 9.25. The van der Waals surface area contributed by atoms with Crippen molar-refractivity contribution in [2.24, 2.45) is 0 Å². The fraction of sp³-hybridized carbons (Fsp3) is 0.125. The summed E-state index contributed by atoms with van der Waals surface area (Å²) in [5.74, 6) is 0. The quantitative estimate of drug-likeness (QED) is 0.640. The molecule has 2 heterocycles. The summed E-state index contributed by atoms with van der Waals surface area (Å²) in [6.45, 7) is 4.16. The van der Waals surface area contributed by atoms with Gasteiger partial charge in [0.2, 0.25) is 0 Å². The third kappa shape index (κ3) is 2.36. The Morgan fingerprint density at radius 1 is 1.33 bits per heavy atom. The maximum Gasteiger partial charge on any atom is 0.103 e. The molecular formula is C16H13IN4. The molecule has 0 unspecified atom stereocenters. The van der Waals surface area contributed by atoms with Crippen molar-refractivity contribution in [3.63, 3.8) is 0 Å². The van der Waals surface area contributed by atoms with Crippen molar-refractivity contribution < 1.29 is 0 Å². The number of nitrogens with zero attached hydrogens (tertiary/aromatic N) is 2. The molecule has 104 valence electrons. The van der Waals surface area contributed by atoms with Crippen molar-refractivity contribution in [2.75, 3.05) is 5.32 Å². The molecule has 5 heteroatoms. The van der Waals surface area contributed by atoms with Crippen LogP contribution >= 0.6 is 22.6 Å². The van der Waals surface area contributed by atoms with Crippen LogP contribution in [0.3, 0.4) is 0 Å². The van der Waals surface area contributed by atoms with Gasteiger partial charge in [-0.3, -0.25) is 4.98 Å². The third-order valence-electron chi connectivity index (χ3n) is 3.59. The third-order valence-corrected chi connectivity index (χ3v) is 4.41. The van der Waals surface area contributed by atoms with Crippen molar-refractivity contribution in [1.29, 1.82) is 5.26 Å². The largest absolute Gasteiger partial charge is 0.361 e. The predicted octanol–water partition coefficient (Wildman–Crippen LogP) is 4.40. The summed E-state index contributed by atoms with van der Waals surface area (Å²) in [6.07, 6.45) is 5.29. The number of aryl methyl sites for hydroxylation is 2. The van der Waals surface area contributed by atoms with Crippen LogP contribution in [0.4, 0.5) is 11.4 Å². The SMILES string of the molecule is Cc1c(Nc2c(I)cncc2C#N)cc(C)c2[nH]ccc12. The van der Waals surface area contributed by atoms with Crippen LogP contribution in [0.5, 0.6) is 0 Å². The number of anilines is 2.